The number of hydrogen-bond acceptors (Lipinski definition) is 8. The molecule has 0 saturated carbocycles. The molecule has 3 aromatic heterocycles. The van der Waals surface area contributed by atoms with Gasteiger partial charge in [-0.25, -0.2) is 19.9 Å². The Morgan fingerprint density at radius 3 is 2.86 bits per heavy atom. The van der Waals surface area contributed by atoms with Gasteiger partial charge in [0.05, 0.1) is 22.4 Å². The van der Waals surface area contributed by atoms with Gasteiger partial charge in [-0.2, -0.15) is 0 Å². The van der Waals surface area contributed by atoms with Crippen molar-refractivity contribution in [3.05, 3.63) is 51.7 Å². The maximum absolute atomic E-state index is 12.8. The Morgan fingerprint density at radius 1 is 1.21 bits per heavy atom. The summed E-state index contributed by atoms with van der Waals surface area (Å²) in [6, 6.07) is 1.76. The summed E-state index contributed by atoms with van der Waals surface area (Å²) >= 11 is 3.08. The molecule has 1 fully saturated rings. The van der Waals surface area contributed by atoms with E-state index in [2.05, 4.69) is 25.3 Å². The Labute approximate surface area is 171 Å². The molecule has 0 spiro atoms. The molecule has 144 valence electrons. The van der Waals surface area contributed by atoms with E-state index in [1.54, 1.807) is 41.9 Å². The smallest absolute Gasteiger partial charge is 0.247 e. The van der Waals surface area contributed by atoms with Gasteiger partial charge in [-0.3, -0.25) is 4.79 Å². The number of rotatable bonds is 5. The fourth-order valence-electron chi connectivity index (χ4n) is 3.17. The summed E-state index contributed by atoms with van der Waals surface area (Å²) in [5, 5.41) is 8.80. The van der Waals surface area contributed by atoms with Gasteiger partial charge in [0.15, 0.2) is 5.13 Å². The number of thiazole rings is 2. The molecule has 1 amide bonds. The molecule has 7 nitrogen and oxygen atoms in total. The second-order valence-electron chi connectivity index (χ2n) is 6.44. The standard InChI is InChI=1S/C19H20N6OS2/c1-13-22-14(11-27-13)6-7-17(26)25-10-3-2-5-16(25)15-12-28-19(23-15)24-18-20-8-4-9-21-18/h4,6-9,11-12,16H,2-3,5,10H2,1H3,(H,20,21,23,24)/b7-6+/t16-/m0/s1. The molecule has 9 heteroatoms. The molecule has 0 aliphatic carbocycles. The van der Waals surface area contributed by atoms with Crippen LogP contribution in [0.2, 0.25) is 0 Å². The number of anilines is 2. The molecule has 3 aromatic rings. The minimum absolute atomic E-state index is 0.00394. The third-order valence-corrected chi connectivity index (χ3v) is 6.03. The van der Waals surface area contributed by atoms with E-state index < -0.39 is 0 Å². The number of aryl methyl sites for hydroxylation is 1. The number of amides is 1. The van der Waals surface area contributed by atoms with Crippen LogP contribution < -0.4 is 5.32 Å². The van der Waals surface area contributed by atoms with Crippen molar-refractivity contribution < 1.29 is 4.79 Å². The maximum Gasteiger partial charge on any atom is 0.247 e. The van der Waals surface area contributed by atoms with Crippen molar-refractivity contribution in [3.8, 4) is 0 Å². The Kier molecular flexibility index (Phi) is 5.73. The zero-order valence-electron chi connectivity index (χ0n) is 15.4. The lowest BCUT2D eigenvalue weighted by atomic mass is 10.00. The van der Waals surface area contributed by atoms with Crippen LogP contribution >= 0.6 is 22.7 Å². The minimum Gasteiger partial charge on any atom is -0.331 e. The van der Waals surface area contributed by atoms with Crippen molar-refractivity contribution in [1.82, 2.24) is 24.8 Å². The van der Waals surface area contributed by atoms with Crippen LogP contribution in [-0.4, -0.2) is 37.3 Å². The quantitative estimate of drug-likeness (QED) is 0.632. The Hall–Kier alpha value is -2.65. The van der Waals surface area contributed by atoms with Crippen LogP contribution in [0.5, 0.6) is 0 Å². The van der Waals surface area contributed by atoms with Gasteiger partial charge in [-0.1, -0.05) is 0 Å². The lowest BCUT2D eigenvalue weighted by Crippen LogP contribution is -2.37. The molecule has 1 aliphatic rings. The lowest BCUT2D eigenvalue weighted by molar-refractivity contribution is -0.129. The average molecular weight is 413 g/mol. The van der Waals surface area contributed by atoms with E-state index in [9.17, 15) is 4.79 Å². The Balaban J connectivity index is 1.47. The predicted molar refractivity (Wildman–Crippen MR) is 112 cm³/mol. The monoisotopic (exact) mass is 412 g/mol. The summed E-state index contributed by atoms with van der Waals surface area (Å²) < 4.78 is 0. The predicted octanol–water partition coefficient (Wildman–Crippen LogP) is 4.21. The summed E-state index contributed by atoms with van der Waals surface area (Å²) in [6.07, 6.45) is 9.79. The SMILES string of the molecule is Cc1nc(/C=C/C(=O)N2CCCC[C@H]2c2csc(Nc3ncccn3)n2)cs1. The summed E-state index contributed by atoms with van der Waals surface area (Å²) in [4.78, 5) is 32.1. The van der Waals surface area contributed by atoms with E-state index >= 15 is 0 Å². The van der Waals surface area contributed by atoms with Gasteiger partial charge in [0.2, 0.25) is 11.9 Å². The van der Waals surface area contributed by atoms with Gasteiger partial charge in [0.1, 0.15) is 0 Å². The molecule has 0 radical (unpaired) electrons. The number of carbonyl (C=O) groups excluding carboxylic acids is 1. The highest BCUT2D eigenvalue weighted by molar-refractivity contribution is 7.13. The number of nitrogens with zero attached hydrogens (tertiary/aromatic N) is 5. The average Bonchev–Trinajstić information content (AvgIpc) is 3.36. The molecule has 28 heavy (non-hydrogen) atoms. The Morgan fingerprint density at radius 2 is 2.07 bits per heavy atom. The van der Waals surface area contributed by atoms with Crippen LogP contribution in [0.25, 0.3) is 6.08 Å². The first-order valence-corrected chi connectivity index (χ1v) is 10.9. The van der Waals surface area contributed by atoms with Gasteiger partial charge >= 0.3 is 0 Å². The molecule has 4 rings (SSSR count). The van der Waals surface area contributed by atoms with Crippen molar-refractivity contribution in [3.63, 3.8) is 0 Å². The van der Waals surface area contributed by atoms with Crippen molar-refractivity contribution in [2.45, 2.75) is 32.2 Å². The zero-order valence-corrected chi connectivity index (χ0v) is 17.0. The number of likely N-dealkylation sites (tertiary alicyclic amines) is 1. The topological polar surface area (TPSA) is 83.9 Å². The molecule has 1 N–H and O–H groups in total. The molecule has 4 heterocycles. The first kappa shape index (κ1) is 18.7. The van der Waals surface area contributed by atoms with Crippen LogP contribution in [0.1, 0.15) is 41.7 Å². The lowest BCUT2D eigenvalue weighted by Gasteiger charge is -2.34. The van der Waals surface area contributed by atoms with Crippen LogP contribution in [0.4, 0.5) is 11.1 Å². The van der Waals surface area contributed by atoms with E-state index in [0.717, 1.165) is 47.3 Å². The number of carbonyl (C=O) groups is 1. The third-order valence-electron chi connectivity index (χ3n) is 4.47. The maximum atomic E-state index is 12.8. The van der Waals surface area contributed by atoms with E-state index in [1.165, 1.54) is 11.3 Å². The molecular weight excluding hydrogens is 392 g/mol. The van der Waals surface area contributed by atoms with E-state index in [0.29, 0.717) is 5.95 Å². The normalized spacial score (nSPS) is 17.2. The zero-order chi connectivity index (χ0) is 19.3. The summed E-state index contributed by atoms with van der Waals surface area (Å²) in [6.45, 7) is 2.70. The second kappa shape index (κ2) is 8.57. The first-order valence-electron chi connectivity index (χ1n) is 9.09. The number of nitrogens with one attached hydrogen (secondary N) is 1. The van der Waals surface area contributed by atoms with E-state index in [4.69, 9.17) is 0 Å². The molecule has 1 atom stereocenters. The van der Waals surface area contributed by atoms with Gasteiger partial charge in [-0.05, 0) is 38.3 Å². The fraction of sp³-hybridized carbons (Fsp3) is 0.316. The van der Waals surface area contributed by atoms with Crippen LogP contribution in [0, 0.1) is 6.92 Å². The van der Waals surface area contributed by atoms with E-state index in [-0.39, 0.29) is 11.9 Å². The van der Waals surface area contributed by atoms with Crippen LogP contribution in [0.3, 0.4) is 0 Å². The third kappa shape index (κ3) is 4.42. The Bertz CT molecular complexity index is 968. The molecule has 1 aliphatic heterocycles. The summed E-state index contributed by atoms with van der Waals surface area (Å²) in [7, 11) is 0. The highest BCUT2D eigenvalue weighted by Gasteiger charge is 2.28. The van der Waals surface area contributed by atoms with Crippen LogP contribution in [-0.2, 0) is 4.79 Å². The highest BCUT2D eigenvalue weighted by Crippen LogP contribution is 2.33. The summed E-state index contributed by atoms with van der Waals surface area (Å²) in [5.41, 5.74) is 1.74. The number of piperidine rings is 1. The van der Waals surface area contributed by atoms with Crippen LogP contribution in [0.15, 0.2) is 35.3 Å². The fourth-order valence-corrected chi connectivity index (χ4v) is 4.50. The van der Waals surface area contributed by atoms with Crippen molar-refractivity contribution in [2.75, 3.05) is 11.9 Å². The van der Waals surface area contributed by atoms with Crippen molar-refractivity contribution >= 4 is 45.7 Å². The molecular formula is C19H20N6OS2. The molecule has 1 saturated heterocycles. The van der Waals surface area contributed by atoms with Crippen molar-refractivity contribution in [1.29, 1.82) is 0 Å². The van der Waals surface area contributed by atoms with Crippen molar-refractivity contribution in [2.24, 2.45) is 0 Å². The molecule has 0 aromatic carbocycles. The second-order valence-corrected chi connectivity index (χ2v) is 8.36. The minimum atomic E-state index is -0.00781. The van der Waals surface area contributed by atoms with Gasteiger partial charge in [0.25, 0.3) is 0 Å². The highest BCUT2D eigenvalue weighted by atomic mass is 32.1. The van der Waals surface area contributed by atoms with E-state index in [1.807, 2.05) is 22.6 Å². The largest absolute Gasteiger partial charge is 0.331 e. The number of hydrogen-bond donors (Lipinski definition) is 1. The number of aromatic nitrogens is 4. The molecule has 0 bridgehead atoms. The molecule has 0 unspecified atom stereocenters. The summed E-state index contributed by atoms with van der Waals surface area (Å²) in [5.74, 6) is 0.519. The van der Waals surface area contributed by atoms with Gasteiger partial charge in [0, 0.05) is 35.8 Å². The van der Waals surface area contributed by atoms with Gasteiger partial charge in [-0.15, -0.1) is 22.7 Å². The van der Waals surface area contributed by atoms with Gasteiger partial charge < -0.3 is 10.2 Å². The first-order chi connectivity index (χ1) is 13.7.